The number of para-hydroxylation sites is 2. The van der Waals surface area contributed by atoms with Crippen LogP contribution in [0.25, 0.3) is 11.0 Å². The highest BCUT2D eigenvalue weighted by atomic mass is 16.6. The molecule has 0 unspecified atom stereocenters. The number of hydrogen-bond acceptors (Lipinski definition) is 4. The molecule has 2 N–H and O–H groups in total. The lowest BCUT2D eigenvalue weighted by Crippen LogP contribution is -2.41. The van der Waals surface area contributed by atoms with Crippen LogP contribution in [-0.4, -0.2) is 24.1 Å². The zero-order valence-electron chi connectivity index (χ0n) is 15.4. The van der Waals surface area contributed by atoms with E-state index in [4.69, 9.17) is 9.15 Å². The molecule has 1 aromatic heterocycles. The first kappa shape index (κ1) is 18.1. The maximum Gasteiger partial charge on any atom is 0.411 e. The highest BCUT2D eigenvalue weighted by Gasteiger charge is 2.27. The average Bonchev–Trinajstić information content (AvgIpc) is 3.13. The third kappa shape index (κ3) is 4.34. The topological polar surface area (TPSA) is 80.6 Å². The molecule has 144 valence electrons. The Hall–Kier alpha value is -3.28. The Morgan fingerprint density at radius 1 is 1.00 bits per heavy atom. The van der Waals surface area contributed by atoms with Gasteiger partial charge in [0.1, 0.15) is 11.7 Å². The van der Waals surface area contributed by atoms with E-state index in [1.165, 1.54) is 0 Å². The summed E-state index contributed by atoms with van der Waals surface area (Å²) < 4.78 is 11.2. The van der Waals surface area contributed by atoms with E-state index in [1.54, 1.807) is 18.2 Å². The Bertz CT molecular complexity index is 934. The van der Waals surface area contributed by atoms with Gasteiger partial charge in [-0.15, -0.1) is 0 Å². The van der Waals surface area contributed by atoms with E-state index in [9.17, 15) is 9.59 Å². The van der Waals surface area contributed by atoms with Crippen molar-refractivity contribution in [3.05, 3.63) is 66.4 Å². The Morgan fingerprint density at radius 2 is 1.79 bits per heavy atom. The van der Waals surface area contributed by atoms with Crippen molar-refractivity contribution < 1.29 is 18.7 Å². The summed E-state index contributed by atoms with van der Waals surface area (Å²) in [4.78, 5) is 24.6. The van der Waals surface area contributed by atoms with Crippen molar-refractivity contribution >= 4 is 28.7 Å². The van der Waals surface area contributed by atoms with Gasteiger partial charge in [0.05, 0.1) is 0 Å². The Balaban J connectivity index is 1.32. The lowest BCUT2D eigenvalue weighted by atomic mass is 9.93. The highest BCUT2D eigenvalue weighted by Crippen LogP contribution is 2.23. The van der Waals surface area contributed by atoms with Gasteiger partial charge < -0.3 is 14.5 Å². The van der Waals surface area contributed by atoms with Gasteiger partial charge in [0.15, 0.2) is 5.76 Å². The summed E-state index contributed by atoms with van der Waals surface area (Å²) in [5, 5.41) is 6.62. The van der Waals surface area contributed by atoms with Crippen LogP contribution in [-0.2, 0) is 4.74 Å². The largest absolute Gasteiger partial charge is 0.451 e. The van der Waals surface area contributed by atoms with Crippen LogP contribution in [0, 0.1) is 0 Å². The number of ether oxygens (including phenoxy) is 1. The quantitative estimate of drug-likeness (QED) is 0.688. The third-order valence-corrected chi connectivity index (χ3v) is 4.90. The van der Waals surface area contributed by atoms with Crippen molar-refractivity contribution in [2.75, 3.05) is 5.32 Å². The Morgan fingerprint density at radius 3 is 2.61 bits per heavy atom. The molecule has 1 fully saturated rings. The predicted molar refractivity (Wildman–Crippen MR) is 106 cm³/mol. The molecule has 2 aromatic carbocycles. The SMILES string of the molecule is O=C(Nc1ccccc1)O[C@@H]1CCC[C@@H](NC(=O)c2cc3ccccc3o2)C1. The molecule has 1 heterocycles. The van der Waals surface area contributed by atoms with E-state index in [2.05, 4.69) is 10.6 Å². The monoisotopic (exact) mass is 378 g/mol. The van der Waals surface area contributed by atoms with Crippen LogP contribution >= 0.6 is 0 Å². The van der Waals surface area contributed by atoms with E-state index in [0.717, 1.165) is 24.6 Å². The Labute approximate surface area is 162 Å². The Kier molecular flexibility index (Phi) is 5.28. The predicted octanol–water partition coefficient (Wildman–Crippen LogP) is 4.72. The molecule has 6 nitrogen and oxygen atoms in total. The van der Waals surface area contributed by atoms with Crippen molar-refractivity contribution in [2.45, 2.75) is 37.8 Å². The van der Waals surface area contributed by atoms with Crippen LogP contribution in [0.3, 0.4) is 0 Å². The number of nitrogens with one attached hydrogen (secondary N) is 2. The van der Waals surface area contributed by atoms with Crippen LogP contribution in [0.2, 0.25) is 0 Å². The van der Waals surface area contributed by atoms with Gasteiger partial charge in [-0.2, -0.15) is 0 Å². The third-order valence-electron chi connectivity index (χ3n) is 4.90. The molecule has 6 heteroatoms. The van der Waals surface area contributed by atoms with Gasteiger partial charge in [-0.25, -0.2) is 4.79 Å². The van der Waals surface area contributed by atoms with Gasteiger partial charge in [0.25, 0.3) is 5.91 Å². The number of anilines is 1. The maximum atomic E-state index is 12.5. The van der Waals surface area contributed by atoms with E-state index >= 15 is 0 Å². The molecule has 0 spiro atoms. The van der Waals surface area contributed by atoms with Gasteiger partial charge in [-0.05, 0) is 43.5 Å². The number of carbonyl (C=O) groups is 2. The summed E-state index contributed by atoms with van der Waals surface area (Å²) in [5.74, 6) is 0.0571. The van der Waals surface area contributed by atoms with Crippen LogP contribution in [0.1, 0.15) is 36.2 Å². The first-order valence-corrected chi connectivity index (χ1v) is 9.49. The minimum Gasteiger partial charge on any atom is -0.451 e. The molecule has 2 atom stereocenters. The number of benzene rings is 2. The summed E-state index contributed by atoms with van der Waals surface area (Å²) >= 11 is 0. The molecule has 0 bridgehead atoms. The molecular weight excluding hydrogens is 356 g/mol. The average molecular weight is 378 g/mol. The first-order valence-electron chi connectivity index (χ1n) is 9.49. The molecule has 0 saturated heterocycles. The van der Waals surface area contributed by atoms with Crippen molar-refractivity contribution in [3.8, 4) is 0 Å². The lowest BCUT2D eigenvalue weighted by molar-refractivity contribution is 0.0703. The van der Waals surface area contributed by atoms with Gasteiger partial charge in [0, 0.05) is 23.5 Å². The smallest absolute Gasteiger partial charge is 0.411 e. The number of fused-ring (bicyclic) bond motifs is 1. The van der Waals surface area contributed by atoms with Crippen molar-refractivity contribution in [2.24, 2.45) is 0 Å². The molecule has 1 aliphatic carbocycles. The summed E-state index contributed by atoms with van der Waals surface area (Å²) in [6, 6.07) is 18.4. The van der Waals surface area contributed by atoms with Crippen LogP contribution < -0.4 is 10.6 Å². The molecule has 0 aliphatic heterocycles. The van der Waals surface area contributed by atoms with Gasteiger partial charge in [0.2, 0.25) is 0 Å². The number of furan rings is 1. The molecule has 4 rings (SSSR count). The molecule has 1 aliphatic rings. The summed E-state index contributed by atoms with van der Waals surface area (Å²) in [6.07, 6.45) is 2.42. The highest BCUT2D eigenvalue weighted by molar-refractivity contribution is 5.96. The van der Waals surface area contributed by atoms with Gasteiger partial charge in [-0.3, -0.25) is 10.1 Å². The van der Waals surface area contributed by atoms with Crippen molar-refractivity contribution in [1.29, 1.82) is 0 Å². The lowest BCUT2D eigenvalue weighted by Gasteiger charge is -2.29. The van der Waals surface area contributed by atoms with Crippen LogP contribution in [0.5, 0.6) is 0 Å². The summed E-state index contributed by atoms with van der Waals surface area (Å²) in [6.45, 7) is 0. The molecule has 3 aromatic rings. The fourth-order valence-corrected chi connectivity index (χ4v) is 3.55. The van der Waals surface area contributed by atoms with Crippen LogP contribution in [0.4, 0.5) is 10.5 Å². The molecular formula is C22H22N2O4. The summed E-state index contributed by atoms with van der Waals surface area (Å²) in [5.41, 5.74) is 1.38. The minimum atomic E-state index is -0.472. The second-order valence-corrected chi connectivity index (χ2v) is 7.00. The first-order chi connectivity index (χ1) is 13.7. The van der Waals surface area contributed by atoms with Crippen molar-refractivity contribution in [3.63, 3.8) is 0 Å². The normalized spacial score (nSPS) is 19.1. The van der Waals surface area contributed by atoms with E-state index in [-0.39, 0.29) is 18.1 Å². The number of hydrogen-bond donors (Lipinski definition) is 2. The van der Waals surface area contributed by atoms with E-state index < -0.39 is 6.09 Å². The zero-order valence-corrected chi connectivity index (χ0v) is 15.4. The molecule has 2 amide bonds. The molecule has 1 saturated carbocycles. The van der Waals surface area contributed by atoms with Crippen LogP contribution in [0.15, 0.2) is 65.1 Å². The van der Waals surface area contributed by atoms with Gasteiger partial charge in [-0.1, -0.05) is 36.4 Å². The van der Waals surface area contributed by atoms with Gasteiger partial charge >= 0.3 is 6.09 Å². The molecule has 0 radical (unpaired) electrons. The fourth-order valence-electron chi connectivity index (χ4n) is 3.55. The second kappa shape index (κ2) is 8.17. The number of amides is 2. The minimum absolute atomic E-state index is 0.0519. The number of rotatable bonds is 4. The van der Waals surface area contributed by atoms with E-state index in [1.807, 2.05) is 42.5 Å². The summed E-state index contributed by atoms with van der Waals surface area (Å²) in [7, 11) is 0. The maximum absolute atomic E-state index is 12.5. The zero-order chi connectivity index (χ0) is 19.3. The van der Waals surface area contributed by atoms with Crippen molar-refractivity contribution in [1.82, 2.24) is 5.32 Å². The fraction of sp³-hybridized carbons (Fsp3) is 0.273. The molecule has 28 heavy (non-hydrogen) atoms. The van der Waals surface area contributed by atoms with E-state index in [0.29, 0.717) is 23.5 Å². The second-order valence-electron chi connectivity index (χ2n) is 7.00. The number of carbonyl (C=O) groups excluding carboxylic acids is 2. The standard InChI is InChI=1S/C22H22N2O4/c25-21(20-13-15-7-4-5-12-19(15)28-20)23-17-10-6-11-18(14-17)27-22(26)24-16-8-2-1-3-9-16/h1-5,7-9,12-13,17-18H,6,10-11,14H2,(H,23,25)(H,24,26)/t17-,18-/m1/s1.